The fourth-order valence-electron chi connectivity index (χ4n) is 2.06. The minimum absolute atomic E-state index is 0.0569. The van der Waals surface area contributed by atoms with Crippen molar-refractivity contribution in [3.05, 3.63) is 69.7 Å². The molecule has 0 bridgehead atoms. The summed E-state index contributed by atoms with van der Waals surface area (Å²) in [6.07, 6.45) is 1.21. The van der Waals surface area contributed by atoms with Gasteiger partial charge in [-0.1, -0.05) is 28.1 Å². The zero-order chi connectivity index (χ0) is 14.5. The first kappa shape index (κ1) is 15.1. The van der Waals surface area contributed by atoms with Gasteiger partial charge in [0, 0.05) is 10.5 Å². The Morgan fingerprint density at radius 1 is 1.00 bits per heavy atom. The third-order valence-electron chi connectivity index (χ3n) is 3.11. The second kappa shape index (κ2) is 6.92. The summed E-state index contributed by atoms with van der Waals surface area (Å²) in [5.41, 5.74) is 4.54. The van der Waals surface area contributed by atoms with E-state index in [1.807, 2.05) is 0 Å². The van der Waals surface area contributed by atoms with Gasteiger partial charge >= 0.3 is 0 Å². The molecule has 0 fully saturated rings. The van der Waals surface area contributed by atoms with Gasteiger partial charge in [0.15, 0.2) is 0 Å². The molecule has 0 aliphatic heterocycles. The van der Waals surface area contributed by atoms with Crippen LogP contribution in [0.25, 0.3) is 0 Å². The Balaban J connectivity index is 2.08. The summed E-state index contributed by atoms with van der Waals surface area (Å²) in [5, 5.41) is 0. The number of nitrogens with one attached hydrogen (secondary N) is 1. The number of rotatable bonds is 5. The van der Waals surface area contributed by atoms with Gasteiger partial charge < -0.3 is 0 Å². The summed E-state index contributed by atoms with van der Waals surface area (Å²) >= 11 is 3.40. The van der Waals surface area contributed by atoms with Crippen molar-refractivity contribution >= 4 is 15.9 Å². The van der Waals surface area contributed by atoms with E-state index in [-0.39, 0.29) is 17.7 Å². The minimum Gasteiger partial charge on any atom is -0.271 e. The second-order valence-electron chi connectivity index (χ2n) is 4.63. The third kappa shape index (κ3) is 4.10. The number of nitrogens with two attached hydrogens (primary N) is 1. The van der Waals surface area contributed by atoms with Crippen molar-refractivity contribution in [1.82, 2.24) is 5.43 Å². The van der Waals surface area contributed by atoms with E-state index in [1.54, 1.807) is 18.2 Å². The molecule has 5 heteroatoms. The van der Waals surface area contributed by atoms with Crippen molar-refractivity contribution < 1.29 is 8.78 Å². The maximum atomic E-state index is 13.3. The van der Waals surface area contributed by atoms with Crippen LogP contribution >= 0.6 is 15.9 Å². The summed E-state index contributed by atoms with van der Waals surface area (Å²) in [6, 6.07) is 10.8. The molecular weight excluding hydrogens is 326 g/mol. The van der Waals surface area contributed by atoms with Crippen molar-refractivity contribution in [2.24, 2.45) is 5.84 Å². The lowest BCUT2D eigenvalue weighted by Gasteiger charge is -2.17. The van der Waals surface area contributed by atoms with E-state index in [2.05, 4.69) is 21.4 Å². The normalized spacial score (nSPS) is 12.4. The molecule has 0 aliphatic carbocycles. The molecule has 20 heavy (non-hydrogen) atoms. The Hall–Kier alpha value is -1.30. The summed E-state index contributed by atoms with van der Waals surface area (Å²) in [7, 11) is 0. The van der Waals surface area contributed by atoms with Gasteiger partial charge in [-0.05, 0) is 54.3 Å². The average molecular weight is 341 g/mol. The standard InChI is InChI=1S/C15H15BrF2N2/c16-15-6-5-13(18)8-11(15)9-14(20-19)7-10-1-3-12(17)4-2-10/h1-6,8,14,20H,7,9,19H2. The summed E-state index contributed by atoms with van der Waals surface area (Å²) in [5.74, 6) is 5.01. The van der Waals surface area contributed by atoms with E-state index in [0.29, 0.717) is 12.8 Å². The summed E-state index contributed by atoms with van der Waals surface area (Å²) in [6.45, 7) is 0. The Morgan fingerprint density at radius 3 is 2.30 bits per heavy atom. The second-order valence-corrected chi connectivity index (χ2v) is 5.49. The Kier molecular flexibility index (Phi) is 5.23. The predicted molar refractivity (Wildman–Crippen MR) is 79.0 cm³/mol. The summed E-state index contributed by atoms with van der Waals surface area (Å²) < 4.78 is 27.0. The highest BCUT2D eigenvalue weighted by Gasteiger charge is 2.12. The lowest BCUT2D eigenvalue weighted by atomic mass is 9.99. The van der Waals surface area contributed by atoms with Crippen LogP contribution < -0.4 is 11.3 Å². The number of hydrazine groups is 1. The molecule has 1 atom stereocenters. The van der Waals surface area contributed by atoms with Gasteiger partial charge in [-0.2, -0.15) is 0 Å². The third-order valence-corrected chi connectivity index (χ3v) is 3.88. The predicted octanol–water partition coefficient (Wildman–Crippen LogP) is 3.34. The molecule has 2 aromatic rings. The Labute approximate surface area is 125 Å². The molecule has 0 aromatic heterocycles. The molecule has 1 unspecified atom stereocenters. The van der Waals surface area contributed by atoms with Crippen LogP contribution in [0, 0.1) is 11.6 Å². The van der Waals surface area contributed by atoms with Crippen molar-refractivity contribution in [3.8, 4) is 0 Å². The fourth-order valence-corrected chi connectivity index (χ4v) is 2.47. The molecule has 0 amide bonds. The summed E-state index contributed by atoms with van der Waals surface area (Å²) in [4.78, 5) is 0. The monoisotopic (exact) mass is 340 g/mol. The van der Waals surface area contributed by atoms with Crippen LogP contribution in [0.1, 0.15) is 11.1 Å². The van der Waals surface area contributed by atoms with Gasteiger partial charge in [-0.15, -0.1) is 0 Å². The van der Waals surface area contributed by atoms with Crippen molar-refractivity contribution in [1.29, 1.82) is 0 Å². The van der Waals surface area contributed by atoms with Crippen LogP contribution in [0.3, 0.4) is 0 Å². The van der Waals surface area contributed by atoms with Gasteiger partial charge in [0.2, 0.25) is 0 Å². The lowest BCUT2D eigenvalue weighted by molar-refractivity contribution is 0.519. The van der Waals surface area contributed by atoms with Crippen LogP contribution in [0.4, 0.5) is 8.78 Å². The van der Waals surface area contributed by atoms with Gasteiger partial charge in [0.1, 0.15) is 11.6 Å². The number of hydrogen-bond donors (Lipinski definition) is 2. The highest BCUT2D eigenvalue weighted by Crippen LogP contribution is 2.20. The van der Waals surface area contributed by atoms with Crippen LogP contribution in [0.15, 0.2) is 46.9 Å². The average Bonchev–Trinajstić information content (AvgIpc) is 2.44. The zero-order valence-corrected chi connectivity index (χ0v) is 12.3. The minimum atomic E-state index is -0.277. The van der Waals surface area contributed by atoms with Crippen LogP contribution in [0.5, 0.6) is 0 Å². The molecule has 0 heterocycles. The van der Waals surface area contributed by atoms with Gasteiger partial charge in [-0.25, -0.2) is 8.78 Å². The number of hydrogen-bond acceptors (Lipinski definition) is 2. The number of benzene rings is 2. The van der Waals surface area contributed by atoms with E-state index in [0.717, 1.165) is 15.6 Å². The molecule has 106 valence electrons. The molecule has 2 nitrogen and oxygen atoms in total. The Bertz CT molecular complexity index is 573. The van der Waals surface area contributed by atoms with E-state index in [9.17, 15) is 8.78 Å². The van der Waals surface area contributed by atoms with Crippen molar-refractivity contribution in [3.63, 3.8) is 0 Å². The first-order valence-corrected chi connectivity index (χ1v) is 7.02. The van der Waals surface area contributed by atoms with Crippen molar-refractivity contribution in [2.45, 2.75) is 18.9 Å². The van der Waals surface area contributed by atoms with Gasteiger partial charge in [-0.3, -0.25) is 11.3 Å². The quantitative estimate of drug-likeness (QED) is 0.647. The van der Waals surface area contributed by atoms with E-state index < -0.39 is 0 Å². The lowest BCUT2D eigenvalue weighted by Crippen LogP contribution is -2.38. The number of halogens is 3. The van der Waals surface area contributed by atoms with Crippen LogP contribution in [0.2, 0.25) is 0 Å². The first-order valence-electron chi connectivity index (χ1n) is 6.23. The molecule has 0 saturated carbocycles. The largest absolute Gasteiger partial charge is 0.271 e. The Morgan fingerprint density at radius 2 is 1.65 bits per heavy atom. The zero-order valence-electron chi connectivity index (χ0n) is 10.7. The highest BCUT2D eigenvalue weighted by atomic mass is 79.9. The van der Waals surface area contributed by atoms with Crippen molar-refractivity contribution in [2.75, 3.05) is 0 Å². The fraction of sp³-hybridized carbons (Fsp3) is 0.200. The van der Waals surface area contributed by atoms with Crippen LogP contribution in [-0.2, 0) is 12.8 Å². The molecular formula is C15H15BrF2N2. The van der Waals surface area contributed by atoms with E-state index >= 15 is 0 Å². The molecule has 2 aromatic carbocycles. The molecule has 3 N–H and O–H groups in total. The molecule has 0 saturated heterocycles. The maximum Gasteiger partial charge on any atom is 0.123 e. The SMILES string of the molecule is NNC(Cc1ccc(F)cc1)Cc1cc(F)ccc1Br. The van der Waals surface area contributed by atoms with E-state index in [1.165, 1.54) is 24.3 Å². The smallest absolute Gasteiger partial charge is 0.123 e. The molecule has 2 rings (SSSR count). The first-order chi connectivity index (χ1) is 9.58. The molecule has 0 aliphatic rings. The maximum absolute atomic E-state index is 13.3. The highest BCUT2D eigenvalue weighted by molar-refractivity contribution is 9.10. The van der Waals surface area contributed by atoms with E-state index in [4.69, 9.17) is 5.84 Å². The van der Waals surface area contributed by atoms with Crippen LogP contribution in [-0.4, -0.2) is 6.04 Å². The molecule has 0 spiro atoms. The van der Waals surface area contributed by atoms with Gasteiger partial charge in [0.05, 0.1) is 0 Å². The molecule has 0 radical (unpaired) electrons. The topological polar surface area (TPSA) is 38.0 Å². The van der Waals surface area contributed by atoms with Gasteiger partial charge in [0.25, 0.3) is 0 Å².